The minimum absolute atomic E-state index is 0.130. The number of aliphatic imine (C=N–C) groups is 1. The van der Waals surface area contributed by atoms with Gasteiger partial charge in [0.05, 0.1) is 18.9 Å². The highest BCUT2D eigenvalue weighted by Gasteiger charge is 2.38. The van der Waals surface area contributed by atoms with Gasteiger partial charge in [0.1, 0.15) is 5.92 Å². The second-order valence-electron chi connectivity index (χ2n) is 6.61. The summed E-state index contributed by atoms with van der Waals surface area (Å²) < 4.78 is 15.6. The fourth-order valence-corrected chi connectivity index (χ4v) is 3.45. The van der Waals surface area contributed by atoms with E-state index in [4.69, 9.17) is 26.4 Å². The molecule has 1 saturated heterocycles. The van der Waals surface area contributed by atoms with Crippen LogP contribution in [0.2, 0.25) is 0 Å². The van der Waals surface area contributed by atoms with E-state index in [0.717, 1.165) is 5.56 Å². The van der Waals surface area contributed by atoms with Gasteiger partial charge in [-0.1, -0.05) is 12.1 Å². The smallest absolute Gasteiger partial charge is 0.251 e. The fourth-order valence-electron chi connectivity index (χ4n) is 3.19. The zero-order chi connectivity index (χ0) is 20.4. The van der Waals surface area contributed by atoms with Gasteiger partial charge in [0.15, 0.2) is 11.5 Å². The van der Waals surface area contributed by atoms with Crippen molar-refractivity contribution in [2.24, 2.45) is 10.9 Å². The van der Waals surface area contributed by atoms with Crippen LogP contribution in [0.25, 0.3) is 0 Å². The van der Waals surface area contributed by atoms with Gasteiger partial charge in [-0.2, -0.15) is 0 Å². The normalized spacial score (nSPS) is 20.0. The predicted octanol–water partition coefficient (Wildman–Crippen LogP) is 1.53. The number of hydrogen-bond donors (Lipinski definition) is 1. The molecular formula is C20H19N3O5S. The van der Waals surface area contributed by atoms with Crippen molar-refractivity contribution in [1.29, 1.82) is 0 Å². The van der Waals surface area contributed by atoms with E-state index in [2.05, 4.69) is 10.3 Å². The molecule has 1 fully saturated rings. The Morgan fingerprint density at radius 2 is 2.07 bits per heavy atom. The highest BCUT2D eigenvalue weighted by molar-refractivity contribution is 7.80. The lowest BCUT2D eigenvalue weighted by Crippen LogP contribution is -2.45. The van der Waals surface area contributed by atoms with Crippen LogP contribution >= 0.6 is 12.2 Å². The van der Waals surface area contributed by atoms with Gasteiger partial charge >= 0.3 is 0 Å². The third-order valence-corrected chi connectivity index (χ3v) is 5.04. The van der Waals surface area contributed by atoms with Crippen LogP contribution in [-0.4, -0.2) is 54.6 Å². The molecule has 8 nitrogen and oxygen atoms in total. The number of allylic oxidation sites excluding steroid dienone is 1. The minimum atomic E-state index is -0.548. The molecule has 2 amide bonds. The first-order valence-electron chi connectivity index (χ1n) is 9.06. The Kier molecular flexibility index (Phi) is 5.41. The summed E-state index contributed by atoms with van der Waals surface area (Å²) in [6, 6.07) is 7.02. The number of carbonyl (C=O) groups excluding carboxylic acids is 2. The number of fused-ring (bicyclic) bond motifs is 2. The summed E-state index contributed by atoms with van der Waals surface area (Å²) in [5.41, 5.74) is 1.93. The summed E-state index contributed by atoms with van der Waals surface area (Å²) in [7, 11) is 1.58. The molecule has 1 atom stereocenters. The van der Waals surface area contributed by atoms with Gasteiger partial charge in [-0.25, -0.2) is 4.99 Å². The number of carbonyl (C=O) groups is 2. The lowest BCUT2D eigenvalue weighted by molar-refractivity contribution is -0.129. The number of ether oxygens (including phenoxy) is 3. The molecule has 150 valence electrons. The SMILES string of the molecule is COCCNC(=O)c1ccc(CN2C(=O)C3C=C4OCOC4=CC3=NC2=S)cc1. The van der Waals surface area contributed by atoms with Crippen LogP contribution in [0, 0.1) is 5.92 Å². The van der Waals surface area contributed by atoms with Crippen LogP contribution in [0.5, 0.6) is 0 Å². The first-order chi connectivity index (χ1) is 14.1. The van der Waals surface area contributed by atoms with Gasteiger partial charge in [0.2, 0.25) is 17.8 Å². The molecule has 1 aromatic rings. The molecule has 1 N–H and O–H groups in total. The number of nitrogens with zero attached hydrogens (tertiary/aromatic N) is 2. The monoisotopic (exact) mass is 413 g/mol. The molecule has 0 saturated carbocycles. The van der Waals surface area contributed by atoms with Crippen LogP contribution in [0.3, 0.4) is 0 Å². The van der Waals surface area contributed by atoms with Crippen molar-refractivity contribution in [2.45, 2.75) is 6.54 Å². The summed E-state index contributed by atoms with van der Waals surface area (Å²) in [6.45, 7) is 1.29. The number of amides is 2. The molecule has 9 heteroatoms. The Morgan fingerprint density at radius 1 is 1.31 bits per heavy atom. The van der Waals surface area contributed by atoms with Crippen molar-refractivity contribution >= 4 is 34.9 Å². The summed E-state index contributed by atoms with van der Waals surface area (Å²) in [4.78, 5) is 30.9. The Hall–Kier alpha value is -3.04. The summed E-state index contributed by atoms with van der Waals surface area (Å²) >= 11 is 5.34. The maximum Gasteiger partial charge on any atom is 0.251 e. The highest BCUT2D eigenvalue weighted by atomic mass is 32.1. The van der Waals surface area contributed by atoms with Crippen LogP contribution in [0.1, 0.15) is 15.9 Å². The van der Waals surface area contributed by atoms with Crippen LogP contribution in [-0.2, 0) is 25.5 Å². The van der Waals surface area contributed by atoms with Gasteiger partial charge < -0.3 is 19.5 Å². The van der Waals surface area contributed by atoms with E-state index in [1.54, 1.807) is 43.5 Å². The molecular weight excluding hydrogens is 394 g/mol. The second-order valence-corrected chi connectivity index (χ2v) is 6.98. The van der Waals surface area contributed by atoms with Gasteiger partial charge in [0.25, 0.3) is 5.91 Å². The third kappa shape index (κ3) is 3.92. The fraction of sp³-hybridized carbons (Fsp3) is 0.300. The molecule has 3 aliphatic rings. The zero-order valence-electron chi connectivity index (χ0n) is 15.7. The van der Waals surface area contributed by atoms with Crippen LogP contribution in [0.15, 0.2) is 52.9 Å². The van der Waals surface area contributed by atoms with E-state index in [9.17, 15) is 9.59 Å². The van der Waals surface area contributed by atoms with Crippen molar-refractivity contribution in [3.8, 4) is 0 Å². The lowest BCUT2D eigenvalue weighted by atomic mass is 9.93. The summed E-state index contributed by atoms with van der Waals surface area (Å²) in [6.07, 6.45) is 3.41. The number of hydrogen-bond acceptors (Lipinski definition) is 6. The topological polar surface area (TPSA) is 89.5 Å². The predicted molar refractivity (Wildman–Crippen MR) is 108 cm³/mol. The number of methoxy groups -OCH3 is 1. The molecule has 1 aliphatic carbocycles. The molecule has 2 heterocycles. The molecule has 0 spiro atoms. The van der Waals surface area contributed by atoms with Gasteiger partial charge in [0, 0.05) is 25.3 Å². The van der Waals surface area contributed by atoms with E-state index in [1.165, 1.54) is 4.90 Å². The standard InChI is InChI=1S/C20H19N3O5S/c1-26-7-6-21-18(24)13-4-2-12(3-5-13)10-23-19(25)14-8-16-17(28-11-27-16)9-15(14)22-20(23)29/h2-5,8-9,14H,6-7,10-11H2,1H3,(H,21,24). The van der Waals surface area contributed by atoms with E-state index in [-0.39, 0.29) is 30.3 Å². The quantitative estimate of drug-likeness (QED) is 0.562. The number of rotatable bonds is 6. The van der Waals surface area contributed by atoms with Gasteiger partial charge in [-0.05, 0) is 36.0 Å². The first-order valence-corrected chi connectivity index (χ1v) is 9.47. The average molecular weight is 413 g/mol. The summed E-state index contributed by atoms with van der Waals surface area (Å²) in [5.74, 6) is 0.234. The number of benzene rings is 1. The van der Waals surface area contributed by atoms with Crippen molar-refractivity contribution < 1.29 is 23.8 Å². The van der Waals surface area contributed by atoms with Crippen molar-refractivity contribution in [3.05, 3.63) is 59.1 Å². The maximum atomic E-state index is 13.0. The molecule has 0 aromatic heterocycles. The van der Waals surface area contributed by atoms with Crippen LogP contribution < -0.4 is 5.32 Å². The molecule has 2 aliphatic heterocycles. The maximum absolute atomic E-state index is 13.0. The van der Waals surface area contributed by atoms with Crippen LogP contribution in [0.4, 0.5) is 0 Å². The van der Waals surface area contributed by atoms with E-state index < -0.39 is 5.92 Å². The third-order valence-electron chi connectivity index (χ3n) is 4.72. The van der Waals surface area contributed by atoms with E-state index >= 15 is 0 Å². The molecule has 4 rings (SSSR count). The van der Waals surface area contributed by atoms with Crippen molar-refractivity contribution in [2.75, 3.05) is 27.1 Å². The molecule has 29 heavy (non-hydrogen) atoms. The number of nitrogens with one attached hydrogen (secondary N) is 1. The largest absolute Gasteiger partial charge is 0.454 e. The van der Waals surface area contributed by atoms with E-state index in [0.29, 0.717) is 35.9 Å². The Labute approximate surface area is 172 Å². The summed E-state index contributed by atoms with van der Waals surface area (Å²) in [5, 5.41) is 2.97. The van der Waals surface area contributed by atoms with E-state index in [1.807, 2.05) is 0 Å². The van der Waals surface area contributed by atoms with Crippen molar-refractivity contribution in [3.63, 3.8) is 0 Å². The molecule has 0 bridgehead atoms. The Bertz CT molecular complexity index is 951. The van der Waals surface area contributed by atoms with Gasteiger partial charge in [-0.3, -0.25) is 14.5 Å². The lowest BCUT2D eigenvalue weighted by Gasteiger charge is -2.30. The average Bonchev–Trinajstić information content (AvgIpc) is 3.18. The Balaban J connectivity index is 1.46. The molecule has 1 aromatic carbocycles. The zero-order valence-corrected chi connectivity index (χ0v) is 16.5. The second kappa shape index (κ2) is 8.14. The molecule has 0 radical (unpaired) electrons. The Morgan fingerprint density at radius 3 is 2.83 bits per heavy atom. The first kappa shape index (κ1) is 19.3. The molecule has 1 unspecified atom stereocenters. The highest BCUT2D eigenvalue weighted by Crippen LogP contribution is 2.31. The number of thiocarbonyl (C=S) groups is 1. The van der Waals surface area contributed by atoms with Gasteiger partial charge in [-0.15, -0.1) is 0 Å². The minimum Gasteiger partial charge on any atom is -0.454 e. The van der Waals surface area contributed by atoms with Crippen molar-refractivity contribution in [1.82, 2.24) is 10.2 Å².